The first-order valence-electron chi connectivity index (χ1n) is 3.65. The van der Waals surface area contributed by atoms with Crippen LogP contribution in [-0.2, 0) is 4.74 Å². The molecule has 2 N–H and O–H groups in total. The molecular formula is C7H10N2OS. The average Bonchev–Trinajstić information content (AvgIpc) is 2.55. The molecule has 1 atom stereocenters. The van der Waals surface area contributed by atoms with Gasteiger partial charge in [-0.2, -0.15) is 0 Å². The van der Waals surface area contributed by atoms with Crippen molar-refractivity contribution in [3.8, 4) is 0 Å². The minimum Gasteiger partial charge on any atom is -0.381 e. The number of nitrogens with two attached hydrogens (primary N) is 1. The fourth-order valence-electron chi connectivity index (χ4n) is 1.25. The van der Waals surface area contributed by atoms with Gasteiger partial charge >= 0.3 is 0 Å². The van der Waals surface area contributed by atoms with Crippen LogP contribution in [0.4, 0.5) is 5.13 Å². The quantitative estimate of drug-likeness (QED) is 0.689. The molecule has 0 saturated carbocycles. The van der Waals surface area contributed by atoms with Gasteiger partial charge in [-0.3, -0.25) is 0 Å². The second kappa shape index (κ2) is 2.79. The van der Waals surface area contributed by atoms with Crippen molar-refractivity contribution < 1.29 is 4.74 Å². The standard InChI is InChI=1S/C7H10N2OS/c8-7-9-3-6(11-7)5-1-2-10-4-5/h3,5H,1-2,4H2,(H2,8,9). The maximum Gasteiger partial charge on any atom is 0.180 e. The Hall–Kier alpha value is -0.610. The van der Waals surface area contributed by atoms with Crippen LogP contribution in [0.1, 0.15) is 17.2 Å². The maximum atomic E-state index is 5.51. The number of rotatable bonds is 1. The highest BCUT2D eigenvalue weighted by Crippen LogP contribution is 2.30. The molecular weight excluding hydrogens is 160 g/mol. The summed E-state index contributed by atoms with van der Waals surface area (Å²) in [6.07, 6.45) is 2.97. The van der Waals surface area contributed by atoms with Gasteiger partial charge in [-0.1, -0.05) is 0 Å². The van der Waals surface area contributed by atoms with Gasteiger partial charge in [0.15, 0.2) is 5.13 Å². The van der Waals surface area contributed by atoms with E-state index < -0.39 is 0 Å². The number of thiazole rings is 1. The van der Waals surface area contributed by atoms with E-state index in [1.54, 1.807) is 11.3 Å². The van der Waals surface area contributed by atoms with Crippen molar-refractivity contribution in [1.82, 2.24) is 4.98 Å². The SMILES string of the molecule is Nc1ncc(C2CCOC2)s1. The number of anilines is 1. The molecule has 1 aliphatic heterocycles. The minimum absolute atomic E-state index is 0.546. The minimum atomic E-state index is 0.546. The molecule has 0 aromatic carbocycles. The monoisotopic (exact) mass is 170 g/mol. The molecule has 1 aromatic rings. The van der Waals surface area contributed by atoms with Gasteiger partial charge in [-0.25, -0.2) is 4.98 Å². The zero-order valence-corrected chi connectivity index (χ0v) is 6.93. The molecule has 1 unspecified atom stereocenters. The molecule has 11 heavy (non-hydrogen) atoms. The second-order valence-electron chi connectivity index (χ2n) is 2.66. The van der Waals surface area contributed by atoms with Crippen molar-refractivity contribution in [2.45, 2.75) is 12.3 Å². The van der Waals surface area contributed by atoms with Gasteiger partial charge < -0.3 is 10.5 Å². The third-order valence-electron chi connectivity index (χ3n) is 1.87. The molecule has 1 aliphatic rings. The third-order valence-corrected chi connectivity index (χ3v) is 2.86. The third kappa shape index (κ3) is 1.36. The van der Waals surface area contributed by atoms with Crippen LogP contribution in [0.3, 0.4) is 0 Å². The zero-order chi connectivity index (χ0) is 7.68. The number of hydrogen-bond donors (Lipinski definition) is 1. The highest BCUT2D eigenvalue weighted by atomic mass is 32.1. The summed E-state index contributed by atoms with van der Waals surface area (Å²) in [5, 5.41) is 0.659. The van der Waals surface area contributed by atoms with E-state index in [1.807, 2.05) is 6.20 Å². The van der Waals surface area contributed by atoms with Crippen molar-refractivity contribution in [2.24, 2.45) is 0 Å². The van der Waals surface area contributed by atoms with Crippen molar-refractivity contribution in [3.05, 3.63) is 11.1 Å². The molecule has 0 bridgehead atoms. The fourth-order valence-corrected chi connectivity index (χ4v) is 2.05. The first kappa shape index (κ1) is 7.06. The Kier molecular flexibility index (Phi) is 1.79. The molecule has 1 saturated heterocycles. The molecule has 0 aliphatic carbocycles. The van der Waals surface area contributed by atoms with Crippen LogP contribution in [0.25, 0.3) is 0 Å². The summed E-state index contributed by atoms with van der Waals surface area (Å²) in [4.78, 5) is 5.27. The summed E-state index contributed by atoms with van der Waals surface area (Å²) in [6, 6.07) is 0. The van der Waals surface area contributed by atoms with Crippen molar-refractivity contribution in [1.29, 1.82) is 0 Å². The number of hydrogen-bond acceptors (Lipinski definition) is 4. The van der Waals surface area contributed by atoms with Crippen LogP contribution < -0.4 is 5.73 Å². The van der Waals surface area contributed by atoms with E-state index in [0.717, 1.165) is 19.6 Å². The Morgan fingerprint density at radius 2 is 2.64 bits per heavy atom. The normalized spacial score (nSPS) is 24.2. The van der Waals surface area contributed by atoms with Gasteiger partial charge in [0.25, 0.3) is 0 Å². The molecule has 60 valence electrons. The Morgan fingerprint density at radius 1 is 1.73 bits per heavy atom. The van der Waals surface area contributed by atoms with Gasteiger partial charge in [0.2, 0.25) is 0 Å². The lowest BCUT2D eigenvalue weighted by atomic mass is 10.1. The molecule has 0 radical (unpaired) electrons. The number of ether oxygens (including phenoxy) is 1. The predicted molar refractivity (Wildman–Crippen MR) is 44.7 cm³/mol. The van der Waals surface area contributed by atoms with Crippen molar-refractivity contribution in [2.75, 3.05) is 18.9 Å². The number of aromatic nitrogens is 1. The average molecular weight is 170 g/mol. The summed E-state index contributed by atoms with van der Waals surface area (Å²) >= 11 is 1.57. The van der Waals surface area contributed by atoms with Crippen LogP contribution >= 0.6 is 11.3 Å². The molecule has 0 spiro atoms. The van der Waals surface area contributed by atoms with Gasteiger partial charge in [-0.05, 0) is 6.42 Å². The molecule has 4 heteroatoms. The Balaban J connectivity index is 2.15. The number of nitrogens with zero attached hydrogens (tertiary/aromatic N) is 1. The summed E-state index contributed by atoms with van der Waals surface area (Å²) < 4.78 is 5.26. The zero-order valence-electron chi connectivity index (χ0n) is 6.12. The summed E-state index contributed by atoms with van der Waals surface area (Å²) in [7, 11) is 0. The Labute approximate surface area is 69.2 Å². The van der Waals surface area contributed by atoms with E-state index in [-0.39, 0.29) is 0 Å². The first-order valence-corrected chi connectivity index (χ1v) is 4.47. The van der Waals surface area contributed by atoms with Gasteiger partial charge in [0.1, 0.15) is 0 Å². The Bertz CT molecular complexity index is 242. The first-order chi connectivity index (χ1) is 5.36. The van der Waals surface area contributed by atoms with E-state index in [4.69, 9.17) is 10.5 Å². The molecule has 0 amide bonds. The van der Waals surface area contributed by atoms with Crippen LogP contribution in [-0.4, -0.2) is 18.2 Å². The van der Waals surface area contributed by atoms with Gasteiger partial charge in [-0.15, -0.1) is 11.3 Å². The van der Waals surface area contributed by atoms with Crippen molar-refractivity contribution >= 4 is 16.5 Å². The lowest BCUT2D eigenvalue weighted by molar-refractivity contribution is 0.194. The molecule has 2 rings (SSSR count). The maximum absolute atomic E-state index is 5.51. The largest absolute Gasteiger partial charge is 0.381 e. The summed E-state index contributed by atoms with van der Waals surface area (Å²) in [6.45, 7) is 1.71. The lowest BCUT2D eigenvalue weighted by Gasteiger charge is -2.00. The smallest absolute Gasteiger partial charge is 0.180 e. The molecule has 3 nitrogen and oxygen atoms in total. The van der Waals surface area contributed by atoms with E-state index in [2.05, 4.69) is 4.98 Å². The lowest BCUT2D eigenvalue weighted by Crippen LogP contribution is -1.93. The van der Waals surface area contributed by atoms with Crippen LogP contribution in [0.5, 0.6) is 0 Å². The van der Waals surface area contributed by atoms with E-state index in [0.29, 0.717) is 11.0 Å². The van der Waals surface area contributed by atoms with Crippen LogP contribution in [0, 0.1) is 0 Å². The Morgan fingerprint density at radius 3 is 3.18 bits per heavy atom. The molecule has 1 fully saturated rings. The van der Waals surface area contributed by atoms with E-state index in [1.165, 1.54) is 4.88 Å². The summed E-state index contributed by atoms with van der Waals surface area (Å²) in [5.41, 5.74) is 5.51. The topological polar surface area (TPSA) is 48.1 Å². The van der Waals surface area contributed by atoms with Crippen LogP contribution in [0.15, 0.2) is 6.20 Å². The van der Waals surface area contributed by atoms with Crippen molar-refractivity contribution in [3.63, 3.8) is 0 Å². The van der Waals surface area contributed by atoms with Gasteiger partial charge in [0.05, 0.1) is 6.61 Å². The second-order valence-corrected chi connectivity index (χ2v) is 3.76. The van der Waals surface area contributed by atoms with Gasteiger partial charge in [0, 0.05) is 23.6 Å². The highest BCUT2D eigenvalue weighted by molar-refractivity contribution is 7.15. The summed E-state index contributed by atoms with van der Waals surface area (Å²) in [5.74, 6) is 0.546. The fraction of sp³-hybridized carbons (Fsp3) is 0.571. The van der Waals surface area contributed by atoms with E-state index in [9.17, 15) is 0 Å². The van der Waals surface area contributed by atoms with E-state index >= 15 is 0 Å². The molecule has 1 aromatic heterocycles. The van der Waals surface area contributed by atoms with Crippen LogP contribution in [0.2, 0.25) is 0 Å². The number of nitrogen functional groups attached to an aromatic ring is 1. The highest BCUT2D eigenvalue weighted by Gasteiger charge is 2.19. The predicted octanol–water partition coefficient (Wildman–Crippen LogP) is 1.23. The molecule has 2 heterocycles.